The van der Waals surface area contributed by atoms with Crippen LogP contribution in [-0.4, -0.2) is 50.9 Å². The molecule has 1 aromatic heterocycles. The molecule has 0 bridgehead atoms. The molecule has 2 fully saturated rings. The van der Waals surface area contributed by atoms with Gasteiger partial charge in [-0.1, -0.05) is 6.92 Å². The first kappa shape index (κ1) is 16.7. The van der Waals surface area contributed by atoms with Crippen molar-refractivity contribution in [3.8, 4) is 0 Å². The summed E-state index contributed by atoms with van der Waals surface area (Å²) >= 11 is 0. The Morgan fingerprint density at radius 3 is 2.56 bits per heavy atom. The third kappa shape index (κ3) is 3.08. The van der Waals surface area contributed by atoms with Crippen LogP contribution < -0.4 is 5.32 Å². The fourth-order valence-corrected chi connectivity index (χ4v) is 4.15. The smallest absolute Gasteiger partial charge is 0.351 e. The van der Waals surface area contributed by atoms with Crippen molar-refractivity contribution in [2.75, 3.05) is 18.4 Å². The number of aromatic nitrogens is 3. The van der Waals surface area contributed by atoms with E-state index in [0.717, 1.165) is 30.3 Å². The predicted molar refractivity (Wildman–Crippen MR) is 83.7 cm³/mol. The van der Waals surface area contributed by atoms with Crippen LogP contribution in [0, 0.1) is 17.8 Å². The number of anilines is 1. The van der Waals surface area contributed by atoms with Gasteiger partial charge in [0.1, 0.15) is 6.33 Å². The highest BCUT2D eigenvalue weighted by molar-refractivity contribution is 5.81. The zero-order chi connectivity index (χ0) is 17.8. The minimum absolute atomic E-state index is 0.0435. The number of fused-ring (bicyclic) bond motifs is 1. The summed E-state index contributed by atoms with van der Waals surface area (Å²) in [7, 11) is 0. The lowest BCUT2D eigenvalue weighted by Gasteiger charge is -2.40. The van der Waals surface area contributed by atoms with Gasteiger partial charge in [0.2, 0.25) is 11.9 Å². The Morgan fingerprint density at radius 1 is 1.28 bits per heavy atom. The molecular formula is C16H22F3N5O. The summed E-state index contributed by atoms with van der Waals surface area (Å²) in [6, 6.07) is -1.93. The molecule has 1 saturated carbocycles. The Labute approximate surface area is 143 Å². The Hall–Kier alpha value is -1.80. The van der Waals surface area contributed by atoms with Gasteiger partial charge >= 0.3 is 6.18 Å². The van der Waals surface area contributed by atoms with Crippen molar-refractivity contribution in [3.05, 3.63) is 6.33 Å². The van der Waals surface area contributed by atoms with Crippen LogP contribution >= 0.6 is 0 Å². The van der Waals surface area contributed by atoms with Crippen molar-refractivity contribution in [2.24, 2.45) is 17.8 Å². The van der Waals surface area contributed by atoms with Gasteiger partial charge in [-0.25, -0.2) is 4.68 Å². The first-order valence-electron chi connectivity index (χ1n) is 8.86. The van der Waals surface area contributed by atoms with Gasteiger partial charge in [-0.05, 0) is 37.5 Å². The van der Waals surface area contributed by atoms with Crippen LogP contribution in [0.4, 0.5) is 19.1 Å². The van der Waals surface area contributed by atoms with E-state index in [1.165, 1.54) is 0 Å². The normalized spacial score (nSPS) is 32.9. The molecule has 25 heavy (non-hydrogen) atoms. The number of rotatable bonds is 2. The minimum Gasteiger partial charge on any atom is -0.351 e. The number of alkyl halides is 3. The number of amides is 1. The fourth-order valence-electron chi connectivity index (χ4n) is 4.15. The summed E-state index contributed by atoms with van der Waals surface area (Å²) in [6.07, 6.45) is -0.820. The maximum Gasteiger partial charge on any atom is 0.411 e. The second kappa shape index (κ2) is 5.88. The first-order valence-corrected chi connectivity index (χ1v) is 8.86. The lowest BCUT2D eigenvalue weighted by atomic mass is 9.85. The molecule has 3 heterocycles. The average Bonchev–Trinajstić information content (AvgIpc) is 3.12. The van der Waals surface area contributed by atoms with Crippen molar-refractivity contribution in [1.82, 2.24) is 19.7 Å². The molecule has 9 heteroatoms. The Bertz CT molecular complexity index is 652. The number of piperidine rings is 1. The van der Waals surface area contributed by atoms with Gasteiger partial charge < -0.3 is 10.2 Å². The third-order valence-corrected chi connectivity index (χ3v) is 5.88. The van der Waals surface area contributed by atoms with Crippen LogP contribution in [0.15, 0.2) is 6.33 Å². The topological polar surface area (TPSA) is 63.1 Å². The minimum atomic E-state index is -4.35. The monoisotopic (exact) mass is 357 g/mol. The Balaban J connectivity index is 1.41. The van der Waals surface area contributed by atoms with Gasteiger partial charge in [-0.15, -0.1) is 0 Å². The van der Waals surface area contributed by atoms with Gasteiger partial charge in [0.15, 0.2) is 6.04 Å². The van der Waals surface area contributed by atoms with Gasteiger partial charge in [-0.2, -0.15) is 23.3 Å². The second-order valence-electron chi connectivity index (χ2n) is 7.55. The van der Waals surface area contributed by atoms with Gasteiger partial charge in [-0.3, -0.25) is 4.79 Å². The maximum absolute atomic E-state index is 13.4. The van der Waals surface area contributed by atoms with E-state index in [1.807, 2.05) is 4.90 Å². The van der Waals surface area contributed by atoms with E-state index in [-0.39, 0.29) is 36.2 Å². The van der Waals surface area contributed by atoms with Gasteiger partial charge in [0.25, 0.3) is 0 Å². The van der Waals surface area contributed by atoms with Gasteiger partial charge in [0, 0.05) is 25.0 Å². The predicted octanol–water partition coefficient (Wildman–Crippen LogP) is 2.46. The summed E-state index contributed by atoms with van der Waals surface area (Å²) in [4.78, 5) is 18.1. The van der Waals surface area contributed by atoms with E-state index in [9.17, 15) is 18.0 Å². The summed E-state index contributed by atoms with van der Waals surface area (Å²) in [5.74, 6) is 1.15. The highest BCUT2D eigenvalue weighted by atomic mass is 19.4. The molecule has 3 aliphatic rings. The standard InChI is InChI=1S/C16H22F3N5O/c1-9-6-11(9)14(25)23-4-2-10(3-5-23)12-7-13(16(17,18)19)24-15(22-12)20-8-21-24/h8-13H,2-7H2,1H3,(H,20,21,22)/t9-,11-,12-,13+/m0/s1. The van der Waals surface area contributed by atoms with Crippen LogP contribution in [0.5, 0.6) is 0 Å². The zero-order valence-electron chi connectivity index (χ0n) is 14.0. The summed E-state index contributed by atoms with van der Waals surface area (Å²) in [5, 5.41) is 6.84. The number of hydrogen-bond acceptors (Lipinski definition) is 4. The molecule has 4 atom stereocenters. The summed E-state index contributed by atoms with van der Waals surface area (Å²) < 4.78 is 41.0. The van der Waals surface area contributed by atoms with Crippen molar-refractivity contribution < 1.29 is 18.0 Å². The van der Waals surface area contributed by atoms with Crippen LogP contribution in [0.25, 0.3) is 0 Å². The molecule has 1 aliphatic carbocycles. The number of hydrogen-bond donors (Lipinski definition) is 1. The van der Waals surface area contributed by atoms with Crippen molar-refractivity contribution in [1.29, 1.82) is 0 Å². The molecule has 6 nitrogen and oxygen atoms in total. The second-order valence-corrected chi connectivity index (χ2v) is 7.55. The highest BCUT2D eigenvalue weighted by Gasteiger charge is 2.48. The zero-order valence-corrected chi connectivity index (χ0v) is 14.0. The van der Waals surface area contributed by atoms with E-state index >= 15 is 0 Å². The fraction of sp³-hybridized carbons (Fsp3) is 0.812. The van der Waals surface area contributed by atoms with Gasteiger partial charge in [0.05, 0.1) is 0 Å². The molecule has 0 unspecified atom stereocenters. The molecular weight excluding hydrogens is 335 g/mol. The van der Waals surface area contributed by atoms with E-state index in [0.29, 0.717) is 19.0 Å². The summed E-state index contributed by atoms with van der Waals surface area (Å²) in [5.41, 5.74) is 0. The Kier molecular flexibility index (Phi) is 3.92. The lowest BCUT2D eigenvalue weighted by Crippen LogP contribution is -2.47. The molecule has 1 saturated heterocycles. The largest absolute Gasteiger partial charge is 0.411 e. The molecule has 0 aromatic carbocycles. The lowest BCUT2D eigenvalue weighted by molar-refractivity contribution is -0.174. The van der Waals surface area contributed by atoms with Crippen LogP contribution in [0.2, 0.25) is 0 Å². The highest BCUT2D eigenvalue weighted by Crippen LogP contribution is 2.42. The number of halogens is 3. The van der Waals surface area contributed by atoms with Crippen molar-refractivity contribution in [3.63, 3.8) is 0 Å². The SMILES string of the molecule is C[C@H]1C[C@@H]1C(=O)N1CCC([C@@H]2C[C@H](C(F)(F)F)n3ncnc3N2)CC1. The van der Waals surface area contributed by atoms with Crippen molar-refractivity contribution in [2.45, 2.75) is 50.9 Å². The molecule has 1 aromatic rings. The third-order valence-electron chi connectivity index (χ3n) is 5.88. The molecule has 1 N–H and O–H groups in total. The number of nitrogens with zero attached hydrogens (tertiary/aromatic N) is 4. The van der Waals surface area contributed by atoms with E-state index < -0.39 is 12.2 Å². The maximum atomic E-state index is 13.4. The first-order chi connectivity index (χ1) is 11.8. The van der Waals surface area contributed by atoms with Crippen LogP contribution in [0.3, 0.4) is 0 Å². The molecule has 4 rings (SSSR count). The average molecular weight is 357 g/mol. The Morgan fingerprint density at radius 2 is 1.96 bits per heavy atom. The van der Waals surface area contributed by atoms with E-state index in [2.05, 4.69) is 22.3 Å². The van der Waals surface area contributed by atoms with E-state index in [4.69, 9.17) is 0 Å². The quantitative estimate of drug-likeness (QED) is 0.883. The number of carbonyl (C=O) groups excluding carboxylic acids is 1. The number of nitrogens with one attached hydrogen (secondary N) is 1. The van der Waals surface area contributed by atoms with E-state index in [1.54, 1.807) is 0 Å². The molecule has 138 valence electrons. The van der Waals surface area contributed by atoms with Crippen molar-refractivity contribution >= 4 is 11.9 Å². The molecule has 0 radical (unpaired) electrons. The van der Waals surface area contributed by atoms with Crippen LogP contribution in [0.1, 0.15) is 38.6 Å². The molecule has 1 amide bonds. The number of likely N-dealkylation sites (tertiary alicyclic amines) is 1. The number of carbonyl (C=O) groups is 1. The summed E-state index contributed by atoms with van der Waals surface area (Å²) in [6.45, 7) is 3.34. The molecule has 0 spiro atoms. The molecule has 2 aliphatic heterocycles. The van der Waals surface area contributed by atoms with Crippen LogP contribution in [-0.2, 0) is 4.79 Å².